The fourth-order valence-corrected chi connectivity index (χ4v) is 3.85. The molecule has 0 spiro atoms. The normalized spacial score (nSPS) is 14.7. The Morgan fingerprint density at radius 2 is 1.73 bits per heavy atom. The number of carbonyl (C=O) groups excluding carboxylic acids is 2. The van der Waals surface area contributed by atoms with Gasteiger partial charge in [-0.1, -0.05) is 23.4 Å². The van der Waals surface area contributed by atoms with E-state index < -0.39 is 17.6 Å². The number of amides is 2. The first-order valence-corrected chi connectivity index (χ1v) is 10.2. The number of halogens is 5. The van der Waals surface area contributed by atoms with Gasteiger partial charge < -0.3 is 9.80 Å². The third-order valence-electron chi connectivity index (χ3n) is 4.49. The lowest BCUT2D eigenvalue weighted by Crippen LogP contribution is -2.51. The fraction of sp³-hybridized carbons (Fsp3) is 0.316. The van der Waals surface area contributed by atoms with E-state index in [2.05, 4.69) is 4.98 Å². The Morgan fingerprint density at radius 1 is 1.07 bits per heavy atom. The molecule has 1 aliphatic heterocycles. The predicted molar refractivity (Wildman–Crippen MR) is 104 cm³/mol. The van der Waals surface area contributed by atoms with Crippen LogP contribution in [0.3, 0.4) is 0 Å². The van der Waals surface area contributed by atoms with E-state index in [4.69, 9.17) is 11.6 Å². The molecule has 30 heavy (non-hydrogen) atoms. The van der Waals surface area contributed by atoms with Gasteiger partial charge in [-0.15, -0.1) is 0 Å². The van der Waals surface area contributed by atoms with Gasteiger partial charge in [-0.2, -0.15) is 13.2 Å². The van der Waals surface area contributed by atoms with Gasteiger partial charge in [0.25, 0.3) is 5.91 Å². The molecular formula is C19H16ClF4N3O2S. The Labute approximate surface area is 179 Å². The molecule has 0 atom stereocenters. The van der Waals surface area contributed by atoms with Crippen LogP contribution in [-0.4, -0.2) is 58.5 Å². The SMILES string of the molecule is O=C(CSc1ccc(C(F)(F)F)cn1)N1CCN(C(=O)c2ccc(F)cc2Cl)CC1. The van der Waals surface area contributed by atoms with Crippen LogP contribution in [-0.2, 0) is 11.0 Å². The summed E-state index contributed by atoms with van der Waals surface area (Å²) in [5.74, 6) is -1.05. The van der Waals surface area contributed by atoms with Crippen molar-refractivity contribution in [2.24, 2.45) is 0 Å². The minimum Gasteiger partial charge on any atom is -0.338 e. The van der Waals surface area contributed by atoms with E-state index >= 15 is 0 Å². The average molecular weight is 462 g/mol. The van der Waals surface area contributed by atoms with Crippen LogP contribution in [0.5, 0.6) is 0 Å². The molecule has 0 unspecified atom stereocenters. The van der Waals surface area contributed by atoms with Crippen molar-refractivity contribution in [3.8, 4) is 0 Å². The van der Waals surface area contributed by atoms with Crippen molar-refractivity contribution in [1.82, 2.24) is 14.8 Å². The summed E-state index contributed by atoms with van der Waals surface area (Å²) in [7, 11) is 0. The number of hydrogen-bond acceptors (Lipinski definition) is 4. The zero-order valence-corrected chi connectivity index (χ0v) is 17.0. The molecule has 0 N–H and O–H groups in total. The number of pyridine rings is 1. The van der Waals surface area contributed by atoms with Crippen molar-refractivity contribution in [3.05, 3.63) is 58.5 Å². The summed E-state index contributed by atoms with van der Waals surface area (Å²) in [5, 5.41) is 0.343. The van der Waals surface area contributed by atoms with E-state index in [1.165, 1.54) is 17.0 Å². The van der Waals surface area contributed by atoms with E-state index in [1.54, 1.807) is 4.90 Å². The molecule has 1 aromatic carbocycles. The van der Waals surface area contributed by atoms with Crippen LogP contribution >= 0.6 is 23.4 Å². The van der Waals surface area contributed by atoms with Crippen LogP contribution in [0.4, 0.5) is 17.6 Å². The molecule has 0 bridgehead atoms. The second-order valence-electron chi connectivity index (χ2n) is 6.47. The third-order valence-corrected chi connectivity index (χ3v) is 5.73. The minimum atomic E-state index is -4.46. The summed E-state index contributed by atoms with van der Waals surface area (Å²) in [5.41, 5.74) is -0.651. The topological polar surface area (TPSA) is 53.5 Å². The van der Waals surface area contributed by atoms with Crippen molar-refractivity contribution in [3.63, 3.8) is 0 Å². The first-order valence-electron chi connectivity index (χ1n) is 8.83. The van der Waals surface area contributed by atoms with E-state index in [0.29, 0.717) is 31.2 Å². The van der Waals surface area contributed by atoms with Crippen molar-refractivity contribution in [2.75, 3.05) is 31.9 Å². The van der Waals surface area contributed by atoms with Crippen molar-refractivity contribution in [1.29, 1.82) is 0 Å². The summed E-state index contributed by atoms with van der Waals surface area (Å²) < 4.78 is 50.8. The van der Waals surface area contributed by atoms with E-state index in [0.717, 1.165) is 36.2 Å². The van der Waals surface area contributed by atoms with Crippen molar-refractivity contribution < 1.29 is 27.2 Å². The van der Waals surface area contributed by atoms with Crippen molar-refractivity contribution >= 4 is 35.2 Å². The summed E-state index contributed by atoms with van der Waals surface area (Å²) >= 11 is 6.98. The maximum absolute atomic E-state index is 13.2. The molecule has 1 fully saturated rings. The number of alkyl halides is 3. The Balaban J connectivity index is 1.50. The van der Waals surface area contributed by atoms with Gasteiger partial charge in [-0.05, 0) is 30.3 Å². The minimum absolute atomic E-state index is 0.0239. The first kappa shape index (κ1) is 22.4. The van der Waals surface area contributed by atoms with Gasteiger partial charge in [-0.25, -0.2) is 9.37 Å². The second kappa shape index (κ2) is 9.22. The molecule has 1 saturated heterocycles. The number of carbonyl (C=O) groups is 2. The number of benzene rings is 1. The Hall–Kier alpha value is -2.33. The average Bonchev–Trinajstić information content (AvgIpc) is 2.71. The summed E-state index contributed by atoms with van der Waals surface area (Å²) in [4.78, 5) is 31.7. The van der Waals surface area contributed by atoms with Crippen LogP contribution in [0.15, 0.2) is 41.6 Å². The predicted octanol–water partition coefficient (Wildman–Crippen LogP) is 3.97. The zero-order valence-electron chi connectivity index (χ0n) is 15.5. The lowest BCUT2D eigenvalue weighted by Gasteiger charge is -2.35. The zero-order chi connectivity index (χ0) is 21.9. The fourth-order valence-electron chi connectivity index (χ4n) is 2.85. The molecule has 160 valence electrons. The van der Waals surface area contributed by atoms with Gasteiger partial charge in [0.1, 0.15) is 5.82 Å². The van der Waals surface area contributed by atoms with Crippen molar-refractivity contribution in [2.45, 2.75) is 11.2 Å². The van der Waals surface area contributed by atoms with Crippen LogP contribution in [0.1, 0.15) is 15.9 Å². The highest BCUT2D eigenvalue weighted by atomic mass is 35.5. The van der Waals surface area contributed by atoms with E-state index in [9.17, 15) is 27.2 Å². The highest BCUT2D eigenvalue weighted by molar-refractivity contribution is 7.99. The molecule has 0 saturated carbocycles. The molecule has 3 rings (SSSR count). The van der Waals surface area contributed by atoms with E-state index in [1.807, 2.05) is 0 Å². The van der Waals surface area contributed by atoms with Gasteiger partial charge >= 0.3 is 6.18 Å². The second-order valence-corrected chi connectivity index (χ2v) is 7.87. The maximum Gasteiger partial charge on any atom is 0.417 e. The molecule has 2 aromatic rings. The van der Waals surface area contributed by atoms with Gasteiger partial charge in [0.15, 0.2) is 0 Å². The molecule has 0 aliphatic carbocycles. The number of thioether (sulfide) groups is 1. The quantitative estimate of drug-likeness (QED) is 0.511. The standard InChI is InChI=1S/C19H16ClF4N3O2S/c20-15-9-13(21)2-3-14(15)18(29)27-7-5-26(6-8-27)17(28)11-30-16-4-1-12(10-25-16)19(22,23)24/h1-4,9-10H,5-8,11H2. The summed E-state index contributed by atoms with van der Waals surface area (Å²) in [6.45, 7) is 1.21. The molecule has 5 nitrogen and oxygen atoms in total. The third kappa shape index (κ3) is 5.42. The molecule has 0 radical (unpaired) electrons. The van der Waals surface area contributed by atoms with E-state index in [-0.39, 0.29) is 28.2 Å². The lowest BCUT2D eigenvalue weighted by molar-refractivity contribution is -0.138. The highest BCUT2D eigenvalue weighted by Gasteiger charge is 2.31. The molecule has 1 aliphatic rings. The summed E-state index contributed by atoms with van der Waals surface area (Å²) in [6.07, 6.45) is -3.72. The molecular weight excluding hydrogens is 446 g/mol. The summed E-state index contributed by atoms with van der Waals surface area (Å²) in [6, 6.07) is 5.70. The number of aromatic nitrogens is 1. The molecule has 11 heteroatoms. The Kier molecular flexibility index (Phi) is 6.87. The molecule has 2 amide bonds. The van der Waals surface area contributed by atoms with Gasteiger partial charge in [-0.3, -0.25) is 9.59 Å². The number of nitrogens with zero attached hydrogens (tertiary/aromatic N) is 3. The van der Waals surface area contributed by atoms with Crippen LogP contribution < -0.4 is 0 Å². The Bertz CT molecular complexity index is 932. The van der Waals surface area contributed by atoms with Crippen LogP contribution in [0.25, 0.3) is 0 Å². The monoisotopic (exact) mass is 461 g/mol. The van der Waals surface area contributed by atoms with Gasteiger partial charge in [0, 0.05) is 32.4 Å². The number of piperazine rings is 1. The van der Waals surface area contributed by atoms with Gasteiger partial charge in [0.2, 0.25) is 5.91 Å². The smallest absolute Gasteiger partial charge is 0.338 e. The number of rotatable bonds is 4. The lowest BCUT2D eigenvalue weighted by atomic mass is 10.1. The van der Waals surface area contributed by atoms with Crippen LogP contribution in [0, 0.1) is 5.82 Å². The Morgan fingerprint density at radius 3 is 2.30 bits per heavy atom. The highest BCUT2D eigenvalue weighted by Crippen LogP contribution is 2.29. The largest absolute Gasteiger partial charge is 0.417 e. The van der Waals surface area contributed by atoms with Crippen LogP contribution in [0.2, 0.25) is 5.02 Å². The molecule has 1 aromatic heterocycles. The first-order chi connectivity index (χ1) is 14.1. The molecule has 2 heterocycles. The number of hydrogen-bond donors (Lipinski definition) is 0. The van der Waals surface area contributed by atoms with Gasteiger partial charge in [0.05, 0.1) is 26.9 Å². The maximum atomic E-state index is 13.2.